The van der Waals surface area contributed by atoms with Crippen molar-refractivity contribution in [1.29, 1.82) is 0 Å². The third-order valence-corrected chi connectivity index (χ3v) is 2.26. The fourth-order valence-corrected chi connectivity index (χ4v) is 1.62. The quantitative estimate of drug-likeness (QED) is 0.846. The van der Waals surface area contributed by atoms with Crippen LogP contribution in [0.15, 0.2) is 29.1 Å². The number of hydrogen-bond donors (Lipinski definition) is 1. The third-order valence-electron chi connectivity index (χ3n) is 1.83. The van der Waals surface area contributed by atoms with Crippen molar-refractivity contribution in [3.8, 4) is 17.3 Å². The zero-order valence-electron chi connectivity index (χ0n) is 7.48. The molecule has 5 heteroatoms. The fourth-order valence-electron chi connectivity index (χ4n) is 1.25. The standard InChI is InChI=1S/C9H8BrN3O/c1-13-5-8(14)12-9(13)6-2-7(10)4-11-3-6/h2-5,14H,1H3. The second kappa shape index (κ2) is 3.42. The van der Waals surface area contributed by atoms with Gasteiger partial charge in [-0.1, -0.05) is 0 Å². The van der Waals surface area contributed by atoms with Crippen molar-refractivity contribution in [1.82, 2.24) is 14.5 Å². The first-order valence-electron chi connectivity index (χ1n) is 4.00. The van der Waals surface area contributed by atoms with Crippen molar-refractivity contribution in [3.63, 3.8) is 0 Å². The summed E-state index contributed by atoms with van der Waals surface area (Å²) >= 11 is 3.33. The van der Waals surface area contributed by atoms with Gasteiger partial charge in [0.25, 0.3) is 0 Å². The Labute approximate surface area is 89.4 Å². The minimum absolute atomic E-state index is 0.0162. The summed E-state index contributed by atoms with van der Waals surface area (Å²) in [6, 6.07) is 1.90. The molecule has 0 aliphatic carbocycles. The van der Waals surface area contributed by atoms with Crippen LogP contribution >= 0.6 is 15.9 Å². The molecule has 0 saturated carbocycles. The van der Waals surface area contributed by atoms with Gasteiger partial charge in [-0.15, -0.1) is 0 Å². The SMILES string of the molecule is Cn1cc(O)nc1-c1cncc(Br)c1. The molecule has 1 N–H and O–H groups in total. The molecule has 0 spiro atoms. The maximum absolute atomic E-state index is 9.20. The van der Waals surface area contributed by atoms with Gasteiger partial charge in [0.15, 0.2) is 0 Å². The lowest BCUT2D eigenvalue weighted by molar-refractivity contribution is 0.456. The Hall–Kier alpha value is -1.36. The maximum atomic E-state index is 9.20. The summed E-state index contributed by atoms with van der Waals surface area (Å²) in [4.78, 5) is 8.01. The van der Waals surface area contributed by atoms with Crippen molar-refractivity contribution in [2.45, 2.75) is 0 Å². The third kappa shape index (κ3) is 1.63. The van der Waals surface area contributed by atoms with E-state index in [2.05, 4.69) is 25.9 Å². The molecule has 72 valence electrons. The zero-order chi connectivity index (χ0) is 10.1. The highest BCUT2D eigenvalue weighted by molar-refractivity contribution is 9.10. The lowest BCUT2D eigenvalue weighted by Gasteiger charge is -2.00. The van der Waals surface area contributed by atoms with E-state index in [4.69, 9.17) is 0 Å². The highest BCUT2D eigenvalue weighted by Gasteiger charge is 2.07. The molecule has 2 aromatic rings. The van der Waals surface area contributed by atoms with Crippen LogP contribution in [0.5, 0.6) is 5.88 Å². The van der Waals surface area contributed by atoms with Crippen LogP contribution in [-0.4, -0.2) is 19.6 Å². The van der Waals surface area contributed by atoms with Crippen LogP contribution in [0.3, 0.4) is 0 Å². The Bertz CT molecular complexity index is 467. The molecule has 0 fully saturated rings. The van der Waals surface area contributed by atoms with Gasteiger partial charge >= 0.3 is 0 Å². The second-order valence-corrected chi connectivity index (χ2v) is 3.84. The van der Waals surface area contributed by atoms with E-state index in [0.717, 1.165) is 10.0 Å². The van der Waals surface area contributed by atoms with Crippen LogP contribution in [0.4, 0.5) is 0 Å². The predicted molar refractivity (Wildman–Crippen MR) is 55.8 cm³/mol. The minimum Gasteiger partial charge on any atom is -0.492 e. The molecule has 2 aromatic heterocycles. The van der Waals surface area contributed by atoms with Crippen LogP contribution in [-0.2, 0) is 7.05 Å². The number of hydrogen-bond acceptors (Lipinski definition) is 3. The van der Waals surface area contributed by atoms with Crippen molar-refractivity contribution >= 4 is 15.9 Å². The van der Waals surface area contributed by atoms with Gasteiger partial charge in [0.05, 0.1) is 6.20 Å². The van der Waals surface area contributed by atoms with Crippen LogP contribution in [0.2, 0.25) is 0 Å². The molecule has 4 nitrogen and oxygen atoms in total. The van der Waals surface area contributed by atoms with E-state index in [-0.39, 0.29) is 5.88 Å². The largest absolute Gasteiger partial charge is 0.492 e. The molecule has 0 amide bonds. The number of halogens is 1. The first-order valence-corrected chi connectivity index (χ1v) is 4.79. The fraction of sp³-hybridized carbons (Fsp3) is 0.111. The van der Waals surface area contributed by atoms with E-state index in [1.165, 1.54) is 0 Å². The minimum atomic E-state index is 0.0162. The van der Waals surface area contributed by atoms with Crippen LogP contribution in [0.25, 0.3) is 11.4 Å². The van der Waals surface area contributed by atoms with Gasteiger partial charge in [-0.2, -0.15) is 4.98 Å². The molecule has 0 unspecified atom stereocenters. The molecule has 2 heterocycles. The van der Waals surface area contributed by atoms with Crippen molar-refractivity contribution < 1.29 is 5.11 Å². The monoisotopic (exact) mass is 253 g/mol. The molecule has 0 radical (unpaired) electrons. The van der Waals surface area contributed by atoms with Gasteiger partial charge in [-0.05, 0) is 22.0 Å². The Morgan fingerprint density at radius 2 is 2.21 bits per heavy atom. The van der Waals surface area contributed by atoms with Crippen molar-refractivity contribution in [3.05, 3.63) is 29.1 Å². The molecule has 0 saturated heterocycles. The summed E-state index contributed by atoms with van der Waals surface area (Å²) in [5.41, 5.74) is 0.863. The van der Waals surface area contributed by atoms with Crippen LogP contribution < -0.4 is 0 Å². The van der Waals surface area contributed by atoms with Crippen LogP contribution in [0.1, 0.15) is 0 Å². The molecular weight excluding hydrogens is 246 g/mol. The average molecular weight is 254 g/mol. The van der Waals surface area contributed by atoms with Crippen LogP contribution in [0, 0.1) is 0 Å². The van der Waals surface area contributed by atoms with Gasteiger partial charge in [0.1, 0.15) is 5.82 Å². The summed E-state index contributed by atoms with van der Waals surface area (Å²) in [7, 11) is 1.82. The van der Waals surface area contributed by atoms with E-state index < -0.39 is 0 Å². The van der Waals surface area contributed by atoms with Gasteiger partial charge in [-0.3, -0.25) is 4.98 Å². The lowest BCUT2D eigenvalue weighted by atomic mass is 10.3. The number of pyridine rings is 1. The van der Waals surface area contributed by atoms with Gasteiger partial charge in [0.2, 0.25) is 5.88 Å². The Morgan fingerprint density at radius 1 is 1.43 bits per heavy atom. The van der Waals surface area contributed by atoms with E-state index >= 15 is 0 Å². The zero-order valence-corrected chi connectivity index (χ0v) is 9.06. The number of aromatic hydroxyl groups is 1. The number of nitrogens with zero attached hydrogens (tertiary/aromatic N) is 3. The Balaban J connectivity index is 2.54. The number of rotatable bonds is 1. The molecule has 0 aliphatic heterocycles. The van der Waals surface area contributed by atoms with Gasteiger partial charge in [0, 0.05) is 29.5 Å². The van der Waals surface area contributed by atoms with Gasteiger partial charge in [-0.25, -0.2) is 0 Å². The van der Waals surface area contributed by atoms with Crippen molar-refractivity contribution in [2.75, 3.05) is 0 Å². The van der Waals surface area contributed by atoms with Gasteiger partial charge < -0.3 is 9.67 Å². The van der Waals surface area contributed by atoms with E-state index in [1.807, 2.05) is 13.1 Å². The molecule has 14 heavy (non-hydrogen) atoms. The summed E-state index contributed by atoms with van der Waals surface area (Å²) in [5.74, 6) is 0.707. The summed E-state index contributed by atoms with van der Waals surface area (Å²) < 4.78 is 2.64. The maximum Gasteiger partial charge on any atom is 0.229 e. The highest BCUT2D eigenvalue weighted by atomic mass is 79.9. The Kier molecular flexibility index (Phi) is 2.25. The van der Waals surface area contributed by atoms with E-state index in [0.29, 0.717) is 5.82 Å². The molecular formula is C9H8BrN3O. The topological polar surface area (TPSA) is 50.9 Å². The number of imidazole rings is 1. The molecule has 0 aliphatic rings. The Morgan fingerprint density at radius 3 is 2.79 bits per heavy atom. The first-order chi connectivity index (χ1) is 6.66. The normalized spacial score (nSPS) is 10.4. The lowest BCUT2D eigenvalue weighted by Crippen LogP contribution is -1.91. The molecule has 2 rings (SSSR count). The highest BCUT2D eigenvalue weighted by Crippen LogP contribution is 2.22. The average Bonchev–Trinajstić information content (AvgIpc) is 2.45. The van der Waals surface area contributed by atoms with Crippen molar-refractivity contribution in [2.24, 2.45) is 7.05 Å². The summed E-state index contributed by atoms with van der Waals surface area (Å²) in [6.07, 6.45) is 4.95. The van der Waals surface area contributed by atoms with E-state index in [9.17, 15) is 5.11 Å². The molecule has 0 aromatic carbocycles. The first kappa shape index (κ1) is 9.21. The number of aryl methyl sites for hydroxylation is 1. The molecule has 0 atom stereocenters. The summed E-state index contributed by atoms with van der Waals surface area (Å²) in [5, 5.41) is 9.20. The molecule has 0 bridgehead atoms. The summed E-state index contributed by atoms with van der Waals surface area (Å²) in [6.45, 7) is 0. The van der Waals surface area contributed by atoms with E-state index in [1.54, 1.807) is 23.2 Å². The number of aromatic nitrogens is 3. The predicted octanol–water partition coefficient (Wildman–Crippen LogP) is 1.95. The second-order valence-electron chi connectivity index (χ2n) is 2.93. The smallest absolute Gasteiger partial charge is 0.229 e.